The van der Waals surface area contributed by atoms with E-state index >= 15 is 0 Å². The van der Waals surface area contributed by atoms with Crippen LogP contribution in [0.1, 0.15) is 0 Å². The number of hydrogen-bond donors (Lipinski definition) is 2. The van der Waals surface area contributed by atoms with E-state index in [4.69, 9.17) is 5.73 Å². The standard InChI is InChI=1S/C16H12N4/c17-15-12-4-1-3-10(11(12)6-8-18-15)14-9-20-16-13(14)5-2-7-19-16/h1-9H,(H2,17,18)(H,19,20)/p+1. The first-order valence-corrected chi connectivity index (χ1v) is 6.46. The fraction of sp³-hybridized carbons (Fsp3) is 0. The summed E-state index contributed by atoms with van der Waals surface area (Å²) in [6, 6.07) is 12.2. The summed E-state index contributed by atoms with van der Waals surface area (Å²) in [5.41, 5.74) is 9.30. The summed E-state index contributed by atoms with van der Waals surface area (Å²) in [6.45, 7) is 0. The fourth-order valence-electron chi connectivity index (χ4n) is 2.69. The summed E-state index contributed by atoms with van der Waals surface area (Å²) in [5.74, 6) is 0.566. The van der Waals surface area contributed by atoms with Crippen LogP contribution in [-0.4, -0.2) is 9.97 Å². The number of aromatic amines is 2. The zero-order chi connectivity index (χ0) is 13.5. The molecule has 1 aromatic carbocycles. The number of benzene rings is 1. The van der Waals surface area contributed by atoms with Gasteiger partial charge in [0, 0.05) is 17.1 Å². The first kappa shape index (κ1) is 11.0. The van der Waals surface area contributed by atoms with Crippen LogP contribution in [0.4, 0.5) is 5.82 Å². The Morgan fingerprint density at radius 1 is 0.950 bits per heavy atom. The van der Waals surface area contributed by atoms with Crippen molar-refractivity contribution < 1.29 is 4.98 Å². The van der Waals surface area contributed by atoms with Gasteiger partial charge in [0.2, 0.25) is 0 Å². The normalized spacial score (nSPS) is 11.2. The van der Waals surface area contributed by atoms with E-state index in [1.54, 1.807) is 6.20 Å². The first-order chi connectivity index (χ1) is 9.84. The Labute approximate surface area is 115 Å². The number of aromatic nitrogens is 3. The Hall–Kier alpha value is -2.88. The minimum Gasteiger partial charge on any atom is -0.383 e. The minimum absolute atomic E-state index is 0.566. The van der Waals surface area contributed by atoms with Gasteiger partial charge in [-0.1, -0.05) is 18.2 Å². The van der Waals surface area contributed by atoms with E-state index in [1.165, 1.54) is 0 Å². The van der Waals surface area contributed by atoms with Crippen molar-refractivity contribution in [2.24, 2.45) is 0 Å². The summed E-state index contributed by atoms with van der Waals surface area (Å²) < 4.78 is 0. The van der Waals surface area contributed by atoms with Crippen molar-refractivity contribution >= 4 is 27.6 Å². The van der Waals surface area contributed by atoms with Gasteiger partial charge in [0.25, 0.3) is 5.65 Å². The van der Waals surface area contributed by atoms with Crippen LogP contribution in [0.25, 0.3) is 32.9 Å². The summed E-state index contributed by atoms with van der Waals surface area (Å²) >= 11 is 0. The van der Waals surface area contributed by atoms with Crippen LogP contribution in [0.5, 0.6) is 0 Å². The lowest BCUT2D eigenvalue weighted by Crippen LogP contribution is -2.00. The van der Waals surface area contributed by atoms with Gasteiger partial charge in [0.15, 0.2) is 0 Å². The number of nitrogens with one attached hydrogen (secondary N) is 2. The third-order valence-corrected chi connectivity index (χ3v) is 3.63. The Balaban J connectivity index is 2.10. The van der Waals surface area contributed by atoms with Crippen LogP contribution in [0.15, 0.2) is 55.0 Å². The molecule has 0 spiro atoms. The van der Waals surface area contributed by atoms with E-state index in [9.17, 15) is 0 Å². The maximum atomic E-state index is 5.97. The molecule has 4 aromatic rings. The van der Waals surface area contributed by atoms with E-state index in [-0.39, 0.29) is 0 Å². The highest BCUT2D eigenvalue weighted by Crippen LogP contribution is 2.33. The van der Waals surface area contributed by atoms with Crippen molar-refractivity contribution in [3.05, 3.63) is 55.0 Å². The van der Waals surface area contributed by atoms with E-state index in [2.05, 4.69) is 27.1 Å². The van der Waals surface area contributed by atoms with Gasteiger partial charge in [-0.05, 0) is 29.1 Å². The van der Waals surface area contributed by atoms with Crippen molar-refractivity contribution in [3.63, 3.8) is 0 Å². The number of pyridine rings is 2. The van der Waals surface area contributed by atoms with E-state index in [0.29, 0.717) is 5.82 Å². The molecule has 20 heavy (non-hydrogen) atoms. The second-order valence-electron chi connectivity index (χ2n) is 4.76. The van der Waals surface area contributed by atoms with Crippen molar-refractivity contribution in [3.8, 4) is 11.1 Å². The second kappa shape index (κ2) is 4.06. The quantitative estimate of drug-likeness (QED) is 0.553. The smallest absolute Gasteiger partial charge is 0.284 e. The molecular formula is C16H13N4+. The number of H-pyrrole nitrogens is 2. The van der Waals surface area contributed by atoms with Gasteiger partial charge in [0.05, 0.1) is 17.8 Å². The van der Waals surface area contributed by atoms with Gasteiger partial charge in [-0.15, -0.1) is 0 Å². The molecule has 0 aliphatic carbocycles. The number of fused-ring (bicyclic) bond motifs is 2. The molecule has 0 amide bonds. The van der Waals surface area contributed by atoms with Crippen LogP contribution < -0.4 is 10.7 Å². The lowest BCUT2D eigenvalue weighted by atomic mass is 9.99. The molecule has 4 heteroatoms. The number of anilines is 1. The third kappa shape index (κ3) is 1.48. The van der Waals surface area contributed by atoms with Crippen molar-refractivity contribution in [1.29, 1.82) is 0 Å². The van der Waals surface area contributed by atoms with Crippen LogP contribution in [0.2, 0.25) is 0 Å². The molecule has 96 valence electrons. The molecule has 0 aliphatic heterocycles. The number of rotatable bonds is 1. The molecule has 0 fully saturated rings. The maximum absolute atomic E-state index is 5.97. The first-order valence-electron chi connectivity index (χ1n) is 6.46. The third-order valence-electron chi connectivity index (χ3n) is 3.63. The van der Waals surface area contributed by atoms with Crippen LogP contribution in [-0.2, 0) is 0 Å². The van der Waals surface area contributed by atoms with Crippen LogP contribution in [0.3, 0.4) is 0 Å². The Kier molecular flexibility index (Phi) is 2.23. The Morgan fingerprint density at radius 2 is 1.85 bits per heavy atom. The fourth-order valence-corrected chi connectivity index (χ4v) is 2.69. The lowest BCUT2D eigenvalue weighted by Gasteiger charge is -2.06. The van der Waals surface area contributed by atoms with Crippen LogP contribution >= 0.6 is 0 Å². The summed E-state index contributed by atoms with van der Waals surface area (Å²) in [5, 5.41) is 3.26. The molecule has 0 aliphatic rings. The largest absolute Gasteiger partial charge is 0.383 e. The number of nitrogen functional groups attached to an aromatic ring is 1. The zero-order valence-electron chi connectivity index (χ0n) is 10.7. The molecule has 3 heterocycles. The summed E-state index contributed by atoms with van der Waals surface area (Å²) in [7, 11) is 0. The molecule has 3 aromatic heterocycles. The molecule has 0 saturated heterocycles. The molecule has 4 rings (SSSR count). The van der Waals surface area contributed by atoms with Gasteiger partial charge >= 0.3 is 0 Å². The van der Waals surface area contributed by atoms with Gasteiger partial charge in [-0.3, -0.25) is 0 Å². The topological polar surface area (TPSA) is 68.8 Å². The second-order valence-corrected chi connectivity index (χ2v) is 4.76. The van der Waals surface area contributed by atoms with Crippen molar-refractivity contribution in [2.75, 3.05) is 5.73 Å². The molecule has 4 N–H and O–H groups in total. The highest BCUT2D eigenvalue weighted by Gasteiger charge is 2.13. The minimum atomic E-state index is 0.566. The van der Waals surface area contributed by atoms with Gasteiger partial charge in [0.1, 0.15) is 5.82 Å². The van der Waals surface area contributed by atoms with Gasteiger partial charge in [-0.2, -0.15) is 0 Å². The zero-order valence-corrected chi connectivity index (χ0v) is 10.7. The molecule has 0 atom stereocenters. The van der Waals surface area contributed by atoms with E-state index in [1.807, 2.05) is 36.7 Å². The molecule has 0 unspecified atom stereocenters. The number of nitrogens with two attached hydrogens (primary N) is 1. The molecular weight excluding hydrogens is 248 g/mol. The monoisotopic (exact) mass is 261 g/mol. The average molecular weight is 261 g/mol. The number of hydrogen-bond acceptors (Lipinski definition) is 2. The lowest BCUT2D eigenvalue weighted by molar-refractivity contribution is -0.347. The molecule has 0 bridgehead atoms. The van der Waals surface area contributed by atoms with Gasteiger partial charge in [-0.25, -0.2) is 15.0 Å². The van der Waals surface area contributed by atoms with E-state index in [0.717, 1.165) is 32.9 Å². The van der Waals surface area contributed by atoms with Crippen LogP contribution in [0, 0.1) is 0 Å². The number of nitrogens with zero attached hydrogens (tertiary/aromatic N) is 1. The summed E-state index contributed by atoms with van der Waals surface area (Å²) in [4.78, 5) is 10.6. The molecule has 0 saturated carbocycles. The van der Waals surface area contributed by atoms with E-state index < -0.39 is 0 Å². The molecule has 4 nitrogen and oxygen atoms in total. The molecule has 0 radical (unpaired) electrons. The predicted octanol–water partition coefficient (Wildman–Crippen LogP) is 2.78. The van der Waals surface area contributed by atoms with Crippen molar-refractivity contribution in [1.82, 2.24) is 9.97 Å². The Bertz CT molecular complexity index is 924. The average Bonchev–Trinajstić information content (AvgIpc) is 2.91. The van der Waals surface area contributed by atoms with Gasteiger partial charge < -0.3 is 5.73 Å². The summed E-state index contributed by atoms with van der Waals surface area (Å²) in [6.07, 6.45) is 5.68. The van der Waals surface area contributed by atoms with Crippen molar-refractivity contribution in [2.45, 2.75) is 0 Å². The maximum Gasteiger partial charge on any atom is 0.284 e. The predicted molar refractivity (Wildman–Crippen MR) is 80.0 cm³/mol. The Morgan fingerprint density at radius 3 is 2.80 bits per heavy atom. The highest BCUT2D eigenvalue weighted by molar-refractivity contribution is 6.06. The SMILES string of the molecule is Nc1nccc2c(-c3c[nH]c4[nH+]cccc34)cccc12. The highest BCUT2D eigenvalue weighted by atomic mass is 14.8.